The molecule has 0 aliphatic carbocycles. The van der Waals surface area contributed by atoms with Crippen molar-refractivity contribution in [2.45, 2.75) is 47.0 Å². The first kappa shape index (κ1) is 12.0. The molecule has 0 rings (SSSR count). The van der Waals surface area contributed by atoms with E-state index in [0.717, 1.165) is 12.8 Å². The van der Waals surface area contributed by atoms with Crippen LogP contribution in [0.2, 0.25) is 0 Å². The molecule has 0 amide bonds. The molecule has 2 heteroatoms. The summed E-state index contributed by atoms with van der Waals surface area (Å²) in [5, 5.41) is -0.212. The first-order valence-corrected chi connectivity index (χ1v) is 4.87. The monoisotopic (exact) mass is 190 g/mol. The summed E-state index contributed by atoms with van der Waals surface area (Å²) < 4.78 is 0. The van der Waals surface area contributed by atoms with Gasteiger partial charge in [0, 0.05) is 6.42 Å². The lowest BCUT2D eigenvalue weighted by Gasteiger charge is -2.22. The Morgan fingerprint density at radius 2 is 1.92 bits per heavy atom. The molecule has 0 saturated carbocycles. The van der Waals surface area contributed by atoms with Gasteiger partial charge in [0.1, 0.15) is 0 Å². The van der Waals surface area contributed by atoms with Crippen LogP contribution >= 0.6 is 11.6 Å². The molecule has 1 nitrogen and oxygen atoms in total. The van der Waals surface area contributed by atoms with Gasteiger partial charge in [0.2, 0.25) is 5.24 Å². The normalized spacial score (nSPS) is 14.4. The highest BCUT2D eigenvalue weighted by molar-refractivity contribution is 6.63. The van der Waals surface area contributed by atoms with E-state index in [2.05, 4.69) is 27.7 Å². The minimum absolute atomic E-state index is 0.212. The van der Waals surface area contributed by atoms with Crippen LogP contribution in [0.3, 0.4) is 0 Å². The van der Waals surface area contributed by atoms with Gasteiger partial charge in [-0.25, -0.2) is 0 Å². The van der Waals surface area contributed by atoms with Crippen LogP contribution in [-0.4, -0.2) is 5.24 Å². The number of hydrogen-bond acceptors (Lipinski definition) is 1. The van der Waals surface area contributed by atoms with Crippen LogP contribution in [0.15, 0.2) is 0 Å². The van der Waals surface area contributed by atoms with Gasteiger partial charge in [0.05, 0.1) is 0 Å². The fourth-order valence-corrected chi connectivity index (χ4v) is 1.62. The summed E-state index contributed by atoms with van der Waals surface area (Å²) in [5.74, 6) is 0.590. The van der Waals surface area contributed by atoms with Crippen LogP contribution in [-0.2, 0) is 4.79 Å². The second-order valence-electron chi connectivity index (χ2n) is 4.76. The molecule has 1 unspecified atom stereocenters. The third-order valence-corrected chi connectivity index (χ3v) is 1.98. The zero-order valence-corrected chi connectivity index (χ0v) is 9.24. The molecule has 0 aromatic rings. The van der Waals surface area contributed by atoms with E-state index >= 15 is 0 Å². The Bertz CT molecular complexity index is 146. The number of rotatable bonds is 4. The van der Waals surface area contributed by atoms with Gasteiger partial charge < -0.3 is 0 Å². The Morgan fingerprint density at radius 3 is 2.25 bits per heavy atom. The van der Waals surface area contributed by atoms with E-state index in [-0.39, 0.29) is 5.24 Å². The largest absolute Gasteiger partial charge is 0.281 e. The zero-order valence-electron chi connectivity index (χ0n) is 8.48. The van der Waals surface area contributed by atoms with Gasteiger partial charge in [-0.1, -0.05) is 27.7 Å². The molecule has 0 N–H and O–H groups in total. The third kappa shape index (κ3) is 8.06. The molecule has 0 spiro atoms. The summed E-state index contributed by atoms with van der Waals surface area (Å²) in [7, 11) is 0. The van der Waals surface area contributed by atoms with Crippen molar-refractivity contribution in [2.24, 2.45) is 11.3 Å². The van der Waals surface area contributed by atoms with Gasteiger partial charge in [0.15, 0.2) is 0 Å². The lowest BCUT2D eigenvalue weighted by molar-refractivity contribution is -0.112. The summed E-state index contributed by atoms with van der Waals surface area (Å²) >= 11 is 5.25. The molecule has 12 heavy (non-hydrogen) atoms. The van der Waals surface area contributed by atoms with Crippen molar-refractivity contribution in [2.75, 3.05) is 0 Å². The van der Waals surface area contributed by atoms with Crippen LogP contribution in [0, 0.1) is 11.3 Å². The van der Waals surface area contributed by atoms with Crippen molar-refractivity contribution in [3.63, 3.8) is 0 Å². The Labute approximate surface area is 80.5 Å². The molecule has 0 aromatic carbocycles. The van der Waals surface area contributed by atoms with E-state index in [9.17, 15) is 4.79 Å². The molecule has 0 aromatic heterocycles. The Hall–Kier alpha value is -0.0400. The van der Waals surface area contributed by atoms with Gasteiger partial charge in [-0.15, -0.1) is 0 Å². The quantitative estimate of drug-likeness (QED) is 0.620. The van der Waals surface area contributed by atoms with Crippen molar-refractivity contribution >= 4 is 16.8 Å². The van der Waals surface area contributed by atoms with E-state index in [4.69, 9.17) is 11.6 Å². The summed E-state index contributed by atoms with van der Waals surface area (Å²) in [6, 6.07) is 0. The molecule has 0 radical (unpaired) electrons. The second-order valence-corrected chi connectivity index (χ2v) is 5.19. The average molecular weight is 191 g/mol. The summed E-state index contributed by atoms with van der Waals surface area (Å²) in [6.45, 7) is 8.81. The summed E-state index contributed by atoms with van der Waals surface area (Å²) in [4.78, 5) is 10.5. The first-order chi connectivity index (χ1) is 5.31. The van der Waals surface area contributed by atoms with Crippen molar-refractivity contribution in [3.8, 4) is 0 Å². The van der Waals surface area contributed by atoms with Crippen LogP contribution in [0.1, 0.15) is 47.0 Å². The molecular formula is C10H19ClO. The smallest absolute Gasteiger partial charge is 0.221 e. The Morgan fingerprint density at radius 1 is 1.42 bits per heavy atom. The first-order valence-electron chi connectivity index (χ1n) is 4.49. The van der Waals surface area contributed by atoms with E-state index in [1.54, 1.807) is 0 Å². The lowest BCUT2D eigenvalue weighted by atomic mass is 9.84. The summed E-state index contributed by atoms with van der Waals surface area (Å²) in [6.07, 6.45) is 2.58. The third-order valence-electron chi connectivity index (χ3n) is 1.79. The van der Waals surface area contributed by atoms with Crippen LogP contribution in [0.4, 0.5) is 0 Å². The maximum Gasteiger partial charge on any atom is 0.221 e. The lowest BCUT2D eigenvalue weighted by Crippen LogP contribution is -2.11. The predicted octanol–water partition coefficient (Wildman–Crippen LogP) is 3.60. The fraction of sp³-hybridized carbons (Fsp3) is 0.900. The molecule has 0 aliphatic heterocycles. The van der Waals surface area contributed by atoms with E-state index in [0.29, 0.717) is 17.8 Å². The van der Waals surface area contributed by atoms with Gasteiger partial charge in [0.25, 0.3) is 0 Å². The maximum atomic E-state index is 10.5. The molecule has 0 heterocycles. The Balaban J connectivity index is 3.60. The second kappa shape index (κ2) is 4.86. The van der Waals surface area contributed by atoms with Crippen molar-refractivity contribution in [3.05, 3.63) is 0 Å². The summed E-state index contributed by atoms with van der Waals surface area (Å²) in [5.41, 5.74) is 0.356. The highest BCUT2D eigenvalue weighted by atomic mass is 35.5. The maximum absolute atomic E-state index is 10.5. The van der Waals surface area contributed by atoms with E-state index in [1.807, 2.05) is 0 Å². The molecule has 0 bridgehead atoms. The molecule has 1 atom stereocenters. The molecule has 0 fully saturated rings. The van der Waals surface area contributed by atoms with Gasteiger partial charge in [-0.2, -0.15) is 0 Å². The van der Waals surface area contributed by atoms with Gasteiger partial charge >= 0.3 is 0 Å². The number of halogens is 1. The number of carbonyl (C=O) groups excluding carboxylic acids is 1. The predicted molar refractivity (Wildman–Crippen MR) is 53.3 cm³/mol. The highest BCUT2D eigenvalue weighted by Crippen LogP contribution is 2.26. The van der Waals surface area contributed by atoms with E-state index < -0.39 is 0 Å². The minimum atomic E-state index is -0.212. The molecular weight excluding hydrogens is 172 g/mol. The van der Waals surface area contributed by atoms with Crippen LogP contribution in [0.25, 0.3) is 0 Å². The molecule has 0 saturated heterocycles. The van der Waals surface area contributed by atoms with Crippen LogP contribution < -0.4 is 0 Å². The molecule has 0 aliphatic rings. The standard InChI is InChI=1S/C10H19ClO/c1-8(5-6-9(11)12)7-10(2,3)4/h8H,5-7H2,1-4H3. The molecule has 72 valence electrons. The topological polar surface area (TPSA) is 17.1 Å². The van der Waals surface area contributed by atoms with Crippen molar-refractivity contribution in [1.29, 1.82) is 0 Å². The van der Waals surface area contributed by atoms with E-state index in [1.165, 1.54) is 0 Å². The SMILES string of the molecule is CC(CCC(=O)Cl)CC(C)(C)C. The zero-order chi connectivity index (χ0) is 9.78. The highest BCUT2D eigenvalue weighted by Gasteiger charge is 2.15. The Kier molecular flexibility index (Phi) is 4.84. The average Bonchev–Trinajstić information content (AvgIpc) is 1.79. The fourth-order valence-electron chi connectivity index (χ4n) is 1.51. The van der Waals surface area contributed by atoms with Crippen molar-refractivity contribution < 1.29 is 4.79 Å². The van der Waals surface area contributed by atoms with Gasteiger partial charge in [-0.3, -0.25) is 4.79 Å². The van der Waals surface area contributed by atoms with Crippen molar-refractivity contribution in [1.82, 2.24) is 0 Å². The van der Waals surface area contributed by atoms with Gasteiger partial charge in [-0.05, 0) is 35.8 Å². The minimum Gasteiger partial charge on any atom is -0.281 e. The number of hydrogen-bond donors (Lipinski definition) is 0. The van der Waals surface area contributed by atoms with Crippen LogP contribution in [0.5, 0.6) is 0 Å². The number of carbonyl (C=O) groups is 1.